The number of aromatic nitrogens is 2. The van der Waals surface area contributed by atoms with Crippen LogP contribution < -0.4 is 5.32 Å². The van der Waals surface area contributed by atoms with Crippen LogP contribution in [0.3, 0.4) is 0 Å². The third-order valence-electron chi connectivity index (χ3n) is 2.54. The molecule has 6 heteroatoms. The number of likely N-dealkylation sites (N-methyl/N-ethyl adjacent to an activating group) is 1. The summed E-state index contributed by atoms with van der Waals surface area (Å²) in [5.74, 6) is 1.20. The summed E-state index contributed by atoms with van der Waals surface area (Å²) in [6.07, 6.45) is 0.836. The molecule has 0 radical (unpaired) electrons. The Bertz CT molecular complexity index is 363. The van der Waals surface area contributed by atoms with Gasteiger partial charge < -0.3 is 14.7 Å². The van der Waals surface area contributed by atoms with Crippen molar-refractivity contribution in [1.29, 1.82) is 0 Å². The van der Waals surface area contributed by atoms with Gasteiger partial charge in [-0.3, -0.25) is 4.79 Å². The second-order valence-electron chi connectivity index (χ2n) is 3.63. The Labute approximate surface area is 87.6 Å². The molecule has 1 aromatic heterocycles. The van der Waals surface area contributed by atoms with Crippen molar-refractivity contribution in [2.24, 2.45) is 0 Å². The van der Waals surface area contributed by atoms with Gasteiger partial charge in [0.05, 0.1) is 6.04 Å². The summed E-state index contributed by atoms with van der Waals surface area (Å²) in [7, 11) is 1.79. The zero-order valence-corrected chi connectivity index (χ0v) is 8.86. The lowest BCUT2D eigenvalue weighted by Crippen LogP contribution is -2.35. The SMILES string of the molecule is CNC1CCN(Cc2nc(C)no2)C1=O. The Balaban J connectivity index is 1.99. The number of nitrogens with one attached hydrogen (secondary N) is 1. The molecule has 2 heterocycles. The van der Waals surface area contributed by atoms with E-state index >= 15 is 0 Å². The first-order valence-electron chi connectivity index (χ1n) is 4.96. The van der Waals surface area contributed by atoms with E-state index in [0.29, 0.717) is 18.3 Å². The average molecular weight is 210 g/mol. The molecule has 1 saturated heterocycles. The highest BCUT2D eigenvalue weighted by Crippen LogP contribution is 2.13. The minimum Gasteiger partial charge on any atom is -0.337 e. The van der Waals surface area contributed by atoms with Gasteiger partial charge in [-0.25, -0.2) is 0 Å². The highest BCUT2D eigenvalue weighted by molar-refractivity contribution is 5.83. The second kappa shape index (κ2) is 3.98. The summed E-state index contributed by atoms with van der Waals surface area (Å²) in [5, 5.41) is 6.66. The molecule has 1 N–H and O–H groups in total. The molecular formula is C9H14N4O2. The maximum absolute atomic E-state index is 11.7. The fourth-order valence-corrected chi connectivity index (χ4v) is 1.73. The third kappa shape index (κ3) is 1.99. The summed E-state index contributed by atoms with van der Waals surface area (Å²) in [6.45, 7) is 2.92. The van der Waals surface area contributed by atoms with Crippen molar-refractivity contribution in [3.05, 3.63) is 11.7 Å². The Hall–Kier alpha value is -1.43. The molecule has 1 amide bonds. The molecule has 1 unspecified atom stereocenters. The standard InChI is InChI=1S/C9H14N4O2/c1-6-11-8(15-12-6)5-13-4-3-7(10-2)9(13)14/h7,10H,3-5H2,1-2H3. The third-order valence-corrected chi connectivity index (χ3v) is 2.54. The number of carbonyl (C=O) groups is 1. The second-order valence-corrected chi connectivity index (χ2v) is 3.63. The first-order valence-corrected chi connectivity index (χ1v) is 4.96. The number of nitrogens with zero attached hydrogens (tertiary/aromatic N) is 3. The number of hydrogen-bond donors (Lipinski definition) is 1. The zero-order chi connectivity index (χ0) is 10.8. The van der Waals surface area contributed by atoms with Gasteiger partial charge in [0.1, 0.15) is 6.54 Å². The fraction of sp³-hybridized carbons (Fsp3) is 0.667. The van der Waals surface area contributed by atoms with Crippen molar-refractivity contribution >= 4 is 5.91 Å². The minimum atomic E-state index is -0.0611. The molecule has 0 aliphatic carbocycles. The molecule has 6 nitrogen and oxygen atoms in total. The summed E-state index contributed by atoms with van der Waals surface area (Å²) in [6, 6.07) is -0.0611. The van der Waals surface area contributed by atoms with E-state index in [-0.39, 0.29) is 11.9 Å². The number of rotatable bonds is 3. The van der Waals surface area contributed by atoms with Gasteiger partial charge in [0, 0.05) is 6.54 Å². The van der Waals surface area contributed by atoms with Crippen LogP contribution in [-0.4, -0.2) is 40.6 Å². The average Bonchev–Trinajstić information content (AvgIpc) is 2.76. The maximum Gasteiger partial charge on any atom is 0.246 e. The molecule has 1 aliphatic heterocycles. The van der Waals surface area contributed by atoms with Gasteiger partial charge in [-0.2, -0.15) is 4.98 Å². The highest BCUT2D eigenvalue weighted by Gasteiger charge is 2.31. The molecule has 0 aromatic carbocycles. The van der Waals surface area contributed by atoms with Crippen LogP contribution in [-0.2, 0) is 11.3 Å². The van der Waals surface area contributed by atoms with Crippen LogP contribution in [0.4, 0.5) is 0 Å². The predicted octanol–water partition coefficient (Wildman–Crippen LogP) is -0.302. The van der Waals surface area contributed by atoms with E-state index in [4.69, 9.17) is 4.52 Å². The lowest BCUT2D eigenvalue weighted by Gasteiger charge is -2.13. The topological polar surface area (TPSA) is 71.3 Å². The Morgan fingerprint density at radius 1 is 1.67 bits per heavy atom. The van der Waals surface area contributed by atoms with E-state index in [2.05, 4.69) is 15.5 Å². The molecule has 0 bridgehead atoms. The largest absolute Gasteiger partial charge is 0.337 e. The lowest BCUT2D eigenvalue weighted by atomic mass is 10.3. The molecule has 1 aromatic rings. The monoisotopic (exact) mass is 210 g/mol. The molecule has 0 spiro atoms. The van der Waals surface area contributed by atoms with E-state index in [1.165, 1.54) is 0 Å². The zero-order valence-electron chi connectivity index (χ0n) is 8.86. The van der Waals surface area contributed by atoms with Crippen molar-refractivity contribution in [2.75, 3.05) is 13.6 Å². The number of amides is 1. The van der Waals surface area contributed by atoms with Gasteiger partial charge >= 0.3 is 0 Å². The van der Waals surface area contributed by atoms with Gasteiger partial charge in [0.25, 0.3) is 0 Å². The summed E-state index contributed by atoms with van der Waals surface area (Å²) < 4.78 is 4.97. The molecule has 1 fully saturated rings. The maximum atomic E-state index is 11.7. The van der Waals surface area contributed by atoms with Crippen LogP contribution in [0.5, 0.6) is 0 Å². The van der Waals surface area contributed by atoms with Gasteiger partial charge in [-0.15, -0.1) is 0 Å². The Morgan fingerprint density at radius 2 is 2.47 bits per heavy atom. The number of hydrogen-bond acceptors (Lipinski definition) is 5. The van der Waals surface area contributed by atoms with Crippen LogP contribution in [0.25, 0.3) is 0 Å². The molecule has 1 atom stereocenters. The summed E-state index contributed by atoms with van der Waals surface area (Å²) >= 11 is 0. The smallest absolute Gasteiger partial charge is 0.246 e. The van der Waals surface area contributed by atoms with Gasteiger partial charge in [0.2, 0.25) is 11.8 Å². The molecule has 0 saturated carbocycles. The molecule has 2 rings (SSSR count). The quantitative estimate of drug-likeness (QED) is 0.741. The molecule has 1 aliphatic rings. The molecule has 82 valence electrons. The number of likely N-dealkylation sites (tertiary alicyclic amines) is 1. The summed E-state index contributed by atoms with van der Waals surface area (Å²) in [4.78, 5) is 17.5. The lowest BCUT2D eigenvalue weighted by molar-refractivity contribution is -0.130. The van der Waals surface area contributed by atoms with Crippen molar-refractivity contribution < 1.29 is 9.32 Å². The van der Waals surface area contributed by atoms with Crippen molar-refractivity contribution in [3.8, 4) is 0 Å². The van der Waals surface area contributed by atoms with Crippen LogP contribution in [0.2, 0.25) is 0 Å². The fourth-order valence-electron chi connectivity index (χ4n) is 1.73. The van der Waals surface area contributed by atoms with E-state index in [0.717, 1.165) is 13.0 Å². The summed E-state index contributed by atoms with van der Waals surface area (Å²) in [5.41, 5.74) is 0. The first-order chi connectivity index (χ1) is 7.20. The van der Waals surface area contributed by atoms with Crippen LogP contribution in [0.15, 0.2) is 4.52 Å². The van der Waals surface area contributed by atoms with Gasteiger partial charge in [0.15, 0.2) is 5.82 Å². The predicted molar refractivity (Wildman–Crippen MR) is 51.9 cm³/mol. The van der Waals surface area contributed by atoms with Crippen molar-refractivity contribution in [3.63, 3.8) is 0 Å². The van der Waals surface area contributed by atoms with E-state index in [1.54, 1.807) is 18.9 Å². The molecular weight excluding hydrogens is 196 g/mol. The number of aryl methyl sites for hydroxylation is 1. The highest BCUT2D eigenvalue weighted by atomic mass is 16.5. The van der Waals surface area contributed by atoms with E-state index in [9.17, 15) is 4.79 Å². The number of carbonyl (C=O) groups excluding carboxylic acids is 1. The van der Waals surface area contributed by atoms with Gasteiger partial charge in [-0.05, 0) is 20.4 Å². The van der Waals surface area contributed by atoms with Crippen LogP contribution >= 0.6 is 0 Å². The van der Waals surface area contributed by atoms with Crippen LogP contribution in [0.1, 0.15) is 18.1 Å². The van der Waals surface area contributed by atoms with E-state index in [1.807, 2.05) is 0 Å². The van der Waals surface area contributed by atoms with Crippen LogP contribution in [0, 0.1) is 6.92 Å². The van der Waals surface area contributed by atoms with Crippen molar-refractivity contribution in [2.45, 2.75) is 25.9 Å². The van der Waals surface area contributed by atoms with Gasteiger partial charge in [-0.1, -0.05) is 5.16 Å². The molecule has 15 heavy (non-hydrogen) atoms. The van der Waals surface area contributed by atoms with E-state index < -0.39 is 0 Å². The normalized spacial score (nSPS) is 21.3. The first kappa shape index (κ1) is 10.1. The Morgan fingerprint density at radius 3 is 3.00 bits per heavy atom. The minimum absolute atomic E-state index is 0.0611. The Kier molecular flexibility index (Phi) is 2.68. The van der Waals surface area contributed by atoms with Crippen molar-refractivity contribution in [1.82, 2.24) is 20.4 Å².